The normalized spacial score (nSPS) is 11.5. The lowest BCUT2D eigenvalue weighted by Gasteiger charge is -2.25. The molecular weight excluding hydrogens is 434 g/mol. The van der Waals surface area contributed by atoms with Gasteiger partial charge in [0.15, 0.2) is 0 Å². The van der Waals surface area contributed by atoms with Crippen molar-refractivity contribution in [1.29, 1.82) is 0 Å². The molecule has 160 valence electrons. The number of halogens is 1. The van der Waals surface area contributed by atoms with E-state index in [1.165, 1.54) is 18.3 Å². The third-order valence-electron chi connectivity index (χ3n) is 4.49. The first-order chi connectivity index (χ1) is 14.8. The van der Waals surface area contributed by atoms with Gasteiger partial charge in [0.2, 0.25) is 0 Å². The fourth-order valence-corrected chi connectivity index (χ4v) is 4.74. The van der Waals surface area contributed by atoms with Gasteiger partial charge in [0.05, 0.1) is 16.8 Å². The Kier molecular flexibility index (Phi) is 7.09. The maximum Gasteiger partial charge on any atom is 0.264 e. The summed E-state index contributed by atoms with van der Waals surface area (Å²) in [6.45, 7) is 3.31. The lowest BCUT2D eigenvalue weighted by atomic mass is 10.1. The number of hydrogen-bond donors (Lipinski definition) is 1. The molecule has 0 fully saturated rings. The summed E-state index contributed by atoms with van der Waals surface area (Å²) >= 11 is 5.93. The van der Waals surface area contributed by atoms with E-state index >= 15 is 0 Å². The molecule has 0 bridgehead atoms. The summed E-state index contributed by atoms with van der Waals surface area (Å²) in [6.07, 6.45) is 1.44. The zero-order valence-electron chi connectivity index (χ0n) is 17.1. The van der Waals surface area contributed by atoms with Crippen molar-refractivity contribution in [3.05, 3.63) is 94.5 Å². The van der Waals surface area contributed by atoms with E-state index in [-0.39, 0.29) is 4.90 Å². The molecule has 0 spiro atoms. The topological polar surface area (TPSA) is 78.8 Å². The first-order valence-corrected chi connectivity index (χ1v) is 11.3. The molecule has 0 saturated carbocycles. The van der Waals surface area contributed by atoms with Gasteiger partial charge < -0.3 is 0 Å². The Morgan fingerprint density at radius 1 is 1.03 bits per heavy atom. The summed E-state index contributed by atoms with van der Waals surface area (Å²) < 4.78 is 27.8. The van der Waals surface area contributed by atoms with Gasteiger partial charge in [-0.15, -0.1) is 0 Å². The number of carbonyl (C=O) groups excluding carboxylic acids is 1. The third-order valence-corrected chi connectivity index (χ3v) is 6.50. The predicted octanol–water partition coefficient (Wildman–Crippen LogP) is 4.30. The second-order valence-electron chi connectivity index (χ2n) is 6.96. The van der Waals surface area contributed by atoms with Crippen LogP contribution in [0.4, 0.5) is 5.69 Å². The van der Waals surface area contributed by atoms with Gasteiger partial charge in [-0.3, -0.25) is 9.10 Å². The van der Waals surface area contributed by atoms with Crippen LogP contribution in [0.15, 0.2) is 82.8 Å². The van der Waals surface area contributed by atoms with E-state index in [1.807, 2.05) is 26.0 Å². The highest BCUT2D eigenvalue weighted by molar-refractivity contribution is 7.92. The average molecular weight is 456 g/mol. The molecular formula is C23H22ClN3O3S. The molecule has 0 saturated heterocycles. The van der Waals surface area contributed by atoms with Crippen molar-refractivity contribution in [2.75, 3.05) is 10.8 Å². The van der Waals surface area contributed by atoms with Gasteiger partial charge >= 0.3 is 0 Å². The minimum absolute atomic E-state index is 0.102. The SMILES string of the molecule is Cc1ccc(N(CC(=O)N/N=C\c2cccc(Cl)c2)S(=O)(=O)c2ccccc2)c(C)c1. The molecule has 0 radical (unpaired) electrons. The first kappa shape index (κ1) is 22.5. The van der Waals surface area contributed by atoms with Crippen LogP contribution in [-0.2, 0) is 14.8 Å². The van der Waals surface area contributed by atoms with E-state index in [2.05, 4.69) is 10.5 Å². The minimum atomic E-state index is -3.96. The van der Waals surface area contributed by atoms with Crippen LogP contribution in [0.1, 0.15) is 16.7 Å². The molecule has 0 atom stereocenters. The molecule has 3 aromatic rings. The second-order valence-corrected chi connectivity index (χ2v) is 9.26. The van der Waals surface area contributed by atoms with Crippen LogP contribution in [0, 0.1) is 13.8 Å². The van der Waals surface area contributed by atoms with Gasteiger partial charge in [0.25, 0.3) is 15.9 Å². The quantitative estimate of drug-likeness (QED) is 0.426. The lowest BCUT2D eigenvalue weighted by Crippen LogP contribution is -2.40. The van der Waals surface area contributed by atoms with Crippen LogP contribution in [0.25, 0.3) is 0 Å². The van der Waals surface area contributed by atoms with Crippen molar-refractivity contribution in [2.45, 2.75) is 18.7 Å². The van der Waals surface area contributed by atoms with E-state index in [4.69, 9.17) is 11.6 Å². The predicted molar refractivity (Wildman–Crippen MR) is 124 cm³/mol. The van der Waals surface area contributed by atoms with Gasteiger partial charge in [-0.1, -0.05) is 59.6 Å². The Morgan fingerprint density at radius 3 is 2.45 bits per heavy atom. The lowest BCUT2D eigenvalue weighted by molar-refractivity contribution is -0.119. The molecule has 0 aliphatic rings. The minimum Gasteiger partial charge on any atom is -0.271 e. The number of carbonyl (C=O) groups is 1. The molecule has 1 N–H and O–H groups in total. The zero-order valence-corrected chi connectivity index (χ0v) is 18.7. The van der Waals surface area contributed by atoms with E-state index in [0.29, 0.717) is 16.3 Å². The van der Waals surface area contributed by atoms with Gasteiger partial charge in [-0.05, 0) is 55.3 Å². The number of sulfonamides is 1. The average Bonchev–Trinajstić information content (AvgIpc) is 2.73. The number of anilines is 1. The molecule has 8 heteroatoms. The number of aryl methyl sites for hydroxylation is 2. The Hall–Kier alpha value is -3.16. The Morgan fingerprint density at radius 2 is 1.77 bits per heavy atom. The molecule has 0 aliphatic carbocycles. The molecule has 3 aromatic carbocycles. The number of nitrogens with zero attached hydrogens (tertiary/aromatic N) is 2. The maximum absolute atomic E-state index is 13.3. The number of hydrazone groups is 1. The second kappa shape index (κ2) is 9.76. The van der Waals surface area contributed by atoms with Crippen molar-refractivity contribution in [2.24, 2.45) is 5.10 Å². The summed E-state index contributed by atoms with van der Waals surface area (Å²) in [5.41, 5.74) is 5.26. The molecule has 0 heterocycles. The van der Waals surface area contributed by atoms with Crippen LogP contribution in [-0.4, -0.2) is 27.1 Å². The number of benzene rings is 3. The van der Waals surface area contributed by atoms with Crippen LogP contribution < -0.4 is 9.73 Å². The van der Waals surface area contributed by atoms with Gasteiger partial charge in [-0.2, -0.15) is 5.10 Å². The number of nitrogens with one attached hydrogen (secondary N) is 1. The number of hydrogen-bond acceptors (Lipinski definition) is 4. The van der Waals surface area contributed by atoms with Crippen molar-refractivity contribution >= 4 is 39.4 Å². The summed E-state index contributed by atoms with van der Waals surface area (Å²) in [6, 6.07) is 20.4. The van der Waals surface area contributed by atoms with Crippen LogP contribution in [0.5, 0.6) is 0 Å². The first-order valence-electron chi connectivity index (χ1n) is 9.50. The highest BCUT2D eigenvalue weighted by Crippen LogP contribution is 2.27. The molecule has 6 nitrogen and oxygen atoms in total. The highest BCUT2D eigenvalue weighted by atomic mass is 35.5. The van der Waals surface area contributed by atoms with E-state index in [0.717, 1.165) is 15.4 Å². The molecule has 0 unspecified atom stereocenters. The van der Waals surface area contributed by atoms with Crippen LogP contribution in [0.3, 0.4) is 0 Å². The fraction of sp³-hybridized carbons (Fsp3) is 0.130. The van der Waals surface area contributed by atoms with Crippen LogP contribution >= 0.6 is 11.6 Å². The van der Waals surface area contributed by atoms with Crippen molar-refractivity contribution in [3.8, 4) is 0 Å². The van der Waals surface area contributed by atoms with Crippen molar-refractivity contribution in [1.82, 2.24) is 5.43 Å². The molecule has 31 heavy (non-hydrogen) atoms. The Balaban J connectivity index is 1.87. The van der Waals surface area contributed by atoms with Gasteiger partial charge in [-0.25, -0.2) is 13.8 Å². The van der Waals surface area contributed by atoms with E-state index in [1.54, 1.807) is 48.5 Å². The zero-order chi connectivity index (χ0) is 22.4. The maximum atomic E-state index is 13.3. The van der Waals surface area contributed by atoms with Gasteiger partial charge in [0, 0.05) is 5.02 Å². The standard InChI is InChI=1S/C23H22ClN3O3S/c1-17-11-12-22(18(2)13-17)27(31(29,30)21-9-4-3-5-10-21)16-23(28)26-25-15-19-7-6-8-20(24)14-19/h3-15H,16H2,1-2H3,(H,26,28)/b25-15-. The van der Waals surface area contributed by atoms with E-state index < -0.39 is 22.5 Å². The Labute approximate surface area is 187 Å². The molecule has 0 aliphatic heterocycles. The molecule has 3 rings (SSSR count). The summed E-state index contributed by atoms with van der Waals surface area (Å²) in [7, 11) is -3.96. The highest BCUT2D eigenvalue weighted by Gasteiger charge is 2.28. The molecule has 1 amide bonds. The number of rotatable bonds is 7. The summed E-state index contributed by atoms with van der Waals surface area (Å²) in [5, 5.41) is 4.46. The van der Waals surface area contributed by atoms with Gasteiger partial charge in [0.1, 0.15) is 6.54 Å². The smallest absolute Gasteiger partial charge is 0.264 e. The summed E-state index contributed by atoms with van der Waals surface area (Å²) in [4.78, 5) is 12.7. The Bertz CT molecular complexity index is 1210. The van der Waals surface area contributed by atoms with Crippen molar-refractivity contribution in [3.63, 3.8) is 0 Å². The fourth-order valence-electron chi connectivity index (χ4n) is 3.04. The molecule has 0 aromatic heterocycles. The van der Waals surface area contributed by atoms with Crippen LogP contribution in [0.2, 0.25) is 5.02 Å². The summed E-state index contributed by atoms with van der Waals surface area (Å²) in [5.74, 6) is -0.572. The number of amides is 1. The largest absolute Gasteiger partial charge is 0.271 e. The van der Waals surface area contributed by atoms with Crippen molar-refractivity contribution < 1.29 is 13.2 Å². The third kappa shape index (κ3) is 5.71. The van der Waals surface area contributed by atoms with E-state index in [9.17, 15) is 13.2 Å². The monoisotopic (exact) mass is 455 g/mol.